The molecule has 0 saturated heterocycles. The van der Waals surface area contributed by atoms with Crippen LogP contribution in [0.1, 0.15) is 26.2 Å². The summed E-state index contributed by atoms with van der Waals surface area (Å²) >= 11 is 0. The Morgan fingerprint density at radius 2 is 2.25 bits per heavy atom. The summed E-state index contributed by atoms with van der Waals surface area (Å²) in [6.45, 7) is 1.86. The second kappa shape index (κ2) is 3.33. The van der Waals surface area contributed by atoms with Crippen molar-refractivity contribution >= 4 is 5.71 Å². The summed E-state index contributed by atoms with van der Waals surface area (Å²) in [6.07, 6.45) is -3.37. The van der Waals surface area contributed by atoms with Crippen LogP contribution >= 0.6 is 0 Å². The minimum atomic E-state index is -4.32. The molecule has 0 aromatic rings. The third-order valence-corrected chi connectivity index (χ3v) is 1.80. The molecule has 0 spiro atoms. The zero-order valence-corrected chi connectivity index (χ0v) is 6.69. The lowest BCUT2D eigenvalue weighted by Gasteiger charge is -2.20. The molecule has 12 heavy (non-hydrogen) atoms. The van der Waals surface area contributed by atoms with E-state index in [0.29, 0.717) is 12.8 Å². The zero-order chi connectivity index (χ0) is 9.19. The van der Waals surface area contributed by atoms with Crippen LogP contribution in [0.15, 0.2) is 5.16 Å². The van der Waals surface area contributed by atoms with Crippen molar-refractivity contribution in [2.75, 3.05) is 0 Å². The van der Waals surface area contributed by atoms with E-state index in [9.17, 15) is 13.2 Å². The molecule has 0 saturated carbocycles. The Bertz CT molecular complexity index is 188. The molecule has 0 bridgehead atoms. The predicted octanol–water partition coefficient (Wildman–Crippen LogP) is 2.49. The van der Waals surface area contributed by atoms with Crippen molar-refractivity contribution in [3.05, 3.63) is 0 Å². The minimum absolute atomic E-state index is 0.0258. The van der Waals surface area contributed by atoms with Crippen LogP contribution in [0.25, 0.3) is 0 Å². The maximum atomic E-state index is 12.0. The Labute approximate surface area is 68.4 Å². The summed E-state index contributed by atoms with van der Waals surface area (Å²) in [5.74, 6) is 0. The molecular formula is C7H10F3NO. The van der Waals surface area contributed by atoms with Crippen LogP contribution in [0.5, 0.6) is 0 Å². The van der Waals surface area contributed by atoms with Gasteiger partial charge < -0.3 is 4.84 Å². The fourth-order valence-electron chi connectivity index (χ4n) is 1.01. The fraction of sp³-hybridized carbons (Fsp3) is 0.857. The lowest BCUT2D eigenvalue weighted by Crippen LogP contribution is -2.29. The monoisotopic (exact) mass is 181 g/mol. The Balaban J connectivity index is 2.56. The standard InChI is InChI=1S/C7H10F3NO/c1-2-5-3-4-6(11-12-5)7(8,9)10/h5H,2-4H2,1H3. The topological polar surface area (TPSA) is 21.6 Å². The number of hydrogen-bond donors (Lipinski definition) is 0. The Hall–Kier alpha value is -0.740. The normalized spacial score (nSPS) is 24.7. The predicted molar refractivity (Wildman–Crippen MR) is 37.9 cm³/mol. The molecule has 0 amide bonds. The first-order chi connectivity index (χ1) is 5.54. The van der Waals surface area contributed by atoms with Crippen LogP contribution in [0.2, 0.25) is 0 Å². The third kappa shape index (κ3) is 2.12. The van der Waals surface area contributed by atoms with Gasteiger partial charge in [0.25, 0.3) is 0 Å². The molecule has 0 radical (unpaired) electrons. The number of alkyl halides is 3. The van der Waals surface area contributed by atoms with Crippen molar-refractivity contribution in [2.24, 2.45) is 5.16 Å². The van der Waals surface area contributed by atoms with Gasteiger partial charge in [0.1, 0.15) is 6.10 Å². The molecule has 5 heteroatoms. The molecule has 1 unspecified atom stereocenters. The Morgan fingerprint density at radius 1 is 1.58 bits per heavy atom. The highest BCUT2D eigenvalue weighted by molar-refractivity contribution is 5.89. The van der Waals surface area contributed by atoms with Gasteiger partial charge in [0.05, 0.1) is 0 Å². The smallest absolute Gasteiger partial charge is 0.392 e. The molecule has 70 valence electrons. The van der Waals surface area contributed by atoms with Gasteiger partial charge in [-0.25, -0.2) is 0 Å². The van der Waals surface area contributed by atoms with Crippen molar-refractivity contribution in [3.63, 3.8) is 0 Å². The van der Waals surface area contributed by atoms with Gasteiger partial charge in [-0.2, -0.15) is 13.2 Å². The van der Waals surface area contributed by atoms with Gasteiger partial charge in [-0.15, -0.1) is 0 Å². The largest absolute Gasteiger partial charge is 0.432 e. The first-order valence-corrected chi connectivity index (χ1v) is 3.84. The third-order valence-electron chi connectivity index (χ3n) is 1.80. The molecular weight excluding hydrogens is 171 g/mol. The average Bonchev–Trinajstić information content (AvgIpc) is 2.03. The van der Waals surface area contributed by atoms with Gasteiger partial charge in [0.15, 0.2) is 5.71 Å². The molecule has 0 fully saturated rings. The van der Waals surface area contributed by atoms with E-state index in [1.807, 2.05) is 6.92 Å². The molecule has 1 heterocycles. The Kier molecular flexibility index (Phi) is 2.59. The first kappa shape index (κ1) is 9.35. The van der Waals surface area contributed by atoms with E-state index in [-0.39, 0.29) is 12.5 Å². The van der Waals surface area contributed by atoms with Gasteiger partial charge in [0.2, 0.25) is 0 Å². The van der Waals surface area contributed by atoms with Crippen LogP contribution in [-0.2, 0) is 4.84 Å². The van der Waals surface area contributed by atoms with Crippen LogP contribution in [0.3, 0.4) is 0 Å². The second-order valence-corrected chi connectivity index (χ2v) is 2.71. The summed E-state index contributed by atoms with van der Waals surface area (Å²) in [5, 5.41) is 3.04. The van der Waals surface area contributed by atoms with Gasteiger partial charge in [-0.3, -0.25) is 0 Å². The summed E-state index contributed by atoms with van der Waals surface area (Å²) in [5.41, 5.74) is -0.799. The van der Waals surface area contributed by atoms with Gasteiger partial charge in [-0.1, -0.05) is 12.1 Å². The molecule has 1 aliphatic heterocycles. The van der Waals surface area contributed by atoms with E-state index in [2.05, 4.69) is 9.99 Å². The fourth-order valence-corrected chi connectivity index (χ4v) is 1.01. The van der Waals surface area contributed by atoms with E-state index in [1.54, 1.807) is 0 Å². The molecule has 0 aliphatic carbocycles. The first-order valence-electron chi connectivity index (χ1n) is 3.84. The second-order valence-electron chi connectivity index (χ2n) is 2.71. The van der Waals surface area contributed by atoms with Crippen LogP contribution in [0.4, 0.5) is 13.2 Å². The molecule has 1 atom stereocenters. The van der Waals surface area contributed by atoms with Gasteiger partial charge in [-0.05, 0) is 12.8 Å². The van der Waals surface area contributed by atoms with Crippen molar-refractivity contribution in [2.45, 2.75) is 38.5 Å². The summed E-state index contributed by atoms with van der Waals surface area (Å²) in [6, 6.07) is 0. The molecule has 1 rings (SSSR count). The molecule has 0 aromatic heterocycles. The maximum absolute atomic E-state index is 12.0. The number of nitrogens with zero attached hydrogens (tertiary/aromatic N) is 1. The highest BCUT2D eigenvalue weighted by Gasteiger charge is 2.38. The van der Waals surface area contributed by atoms with Crippen molar-refractivity contribution < 1.29 is 18.0 Å². The van der Waals surface area contributed by atoms with Gasteiger partial charge >= 0.3 is 6.18 Å². The maximum Gasteiger partial charge on any atom is 0.432 e. The van der Waals surface area contributed by atoms with E-state index in [0.717, 1.165) is 0 Å². The molecule has 1 aliphatic rings. The highest BCUT2D eigenvalue weighted by Crippen LogP contribution is 2.25. The lowest BCUT2D eigenvalue weighted by molar-refractivity contribution is -0.0714. The van der Waals surface area contributed by atoms with E-state index in [1.165, 1.54) is 0 Å². The zero-order valence-electron chi connectivity index (χ0n) is 6.69. The van der Waals surface area contributed by atoms with E-state index < -0.39 is 11.9 Å². The van der Waals surface area contributed by atoms with E-state index >= 15 is 0 Å². The van der Waals surface area contributed by atoms with Crippen molar-refractivity contribution in [3.8, 4) is 0 Å². The van der Waals surface area contributed by atoms with Crippen molar-refractivity contribution in [1.82, 2.24) is 0 Å². The number of hydrogen-bond acceptors (Lipinski definition) is 2. The molecule has 0 N–H and O–H groups in total. The lowest BCUT2D eigenvalue weighted by atomic mass is 10.1. The minimum Gasteiger partial charge on any atom is -0.392 e. The van der Waals surface area contributed by atoms with E-state index in [4.69, 9.17) is 0 Å². The van der Waals surface area contributed by atoms with Crippen LogP contribution in [0, 0.1) is 0 Å². The Morgan fingerprint density at radius 3 is 2.58 bits per heavy atom. The number of rotatable bonds is 1. The quantitative estimate of drug-likeness (QED) is 0.609. The molecule has 0 aromatic carbocycles. The van der Waals surface area contributed by atoms with Crippen LogP contribution in [-0.4, -0.2) is 18.0 Å². The number of halogens is 3. The average molecular weight is 181 g/mol. The summed E-state index contributed by atoms with van der Waals surface area (Å²) in [4.78, 5) is 4.63. The molecule has 2 nitrogen and oxygen atoms in total. The van der Waals surface area contributed by atoms with Gasteiger partial charge in [0, 0.05) is 6.42 Å². The van der Waals surface area contributed by atoms with Crippen molar-refractivity contribution in [1.29, 1.82) is 0 Å². The SMILES string of the molecule is CCC1CCC(C(F)(F)F)=NO1. The highest BCUT2D eigenvalue weighted by atomic mass is 19.4. The number of oxime groups is 1. The summed E-state index contributed by atoms with van der Waals surface area (Å²) < 4.78 is 35.9. The van der Waals surface area contributed by atoms with Crippen LogP contribution < -0.4 is 0 Å². The summed E-state index contributed by atoms with van der Waals surface area (Å²) in [7, 11) is 0.